The van der Waals surface area contributed by atoms with Gasteiger partial charge < -0.3 is 20.3 Å². The number of alkyl halides is 3. The maximum absolute atomic E-state index is 12.8. The van der Waals surface area contributed by atoms with Crippen LogP contribution in [0.1, 0.15) is 49.4 Å². The zero-order valence-corrected chi connectivity index (χ0v) is 22.0. The quantitative estimate of drug-likeness (QED) is 0.362. The second-order valence-electron chi connectivity index (χ2n) is 10.4. The van der Waals surface area contributed by atoms with E-state index in [4.69, 9.17) is 4.99 Å². The number of nitrogens with one attached hydrogen (secondary N) is 3. The minimum absolute atomic E-state index is 0.0779. The van der Waals surface area contributed by atoms with E-state index < -0.39 is 6.36 Å². The Morgan fingerprint density at radius 2 is 1.95 bits per heavy atom. The molecule has 0 aromatic heterocycles. The van der Waals surface area contributed by atoms with E-state index >= 15 is 0 Å². The number of nitrogens with zero attached hydrogens (tertiary/aromatic N) is 2. The fourth-order valence-corrected chi connectivity index (χ4v) is 6.07. The maximum atomic E-state index is 12.8. The molecule has 10 heteroatoms. The first-order valence-corrected chi connectivity index (χ1v) is 13.3. The molecule has 1 unspecified atom stereocenters. The lowest BCUT2D eigenvalue weighted by molar-refractivity contribution is -0.275. The number of thiol groups is 1. The average Bonchev–Trinajstić information content (AvgIpc) is 3.53. The summed E-state index contributed by atoms with van der Waals surface area (Å²) in [4.78, 5) is 7.70. The monoisotopic (exact) mass is 533 g/mol. The zero-order chi connectivity index (χ0) is 26.2. The molecule has 2 aliphatic carbocycles. The third-order valence-electron chi connectivity index (χ3n) is 8.00. The Morgan fingerprint density at radius 3 is 2.68 bits per heavy atom. The molecule has 2 atom stereocenters. The molecule has 3 N–H and O–H groups in total. The van der Waals surface area contributed by atoms with Crippen molar-refractivity contribution in [2.45, 2.75) is 68.0 Å². The Kier molecular flexibility index (Phi) is 7.35. The highest BCUT2D eigenvalue weighted by Crippen LogP contribution is 2.56. The van der Waals surface area contributed by atoms with Gasteiger partial charge in [-0.3, -0.25) is 5.32 Å². The number of benzene rings is 2. The number of guanidine groups is 1. The van der Waals surface area contributed by atoms with E-state index in [9.17, 15) is 13.2 Å². The van der Waals surface area contributed by atoms with Crippen LogP contribution < -0.4 is 20.7 Å². The maximum Gasteiger partial charge on any atom is 0.573 e. The van der Waals surface area contributed by atoms with Crippen LogP contribution >= 0.6 is 12.6 Å². The van der Waals surface area contributed by atoms with Crippen molar-refractivity contribution in [1.82, 2.24) is 15.5 Å². The highest BCUT2D eigenvalue weighted by molar-refractivity contribution is 7.80. The van der Waals surface area contributed by atoms with Crippen molar-refractivity contribution in [3.8, 4) is 5.75 Å². The Morgan fingerprint density at radius 1 is 1.19 bits per heavy atom. The molecule has 0 amide bonds. The number of halogens is 3. The van der Waals surface area contributed by atoms with Crippen LogP contribution in [0.15, 0.2) is 52.4 Å². The second kappa shape index (κ2) is 10.4. The van der Waals surface area contributed by atoms with Crippen molar-refractivity contribution in [3.63, 3.8) is 0 Å². The lowest BCUT2D eigenvalue weighted by atomic mass is 9.83. The topological polar surface area (TPSA) is 60.9 Å². The molecule has 3 aliphatic rings. The highest BCUT2D eigenvalue weighted by Gasteiger charge is 2.54. The lowest BCUT2D eigenvalue weighted by Gasteiger charge is -2.38. The molecular formula is C27H34F3N5OS. The molecule has 2 fully saturated rings. The molecule has 1 spiro atoms. The van der Waals surface area contributed by atoms with Gasteiger partial charge in [0, 0.05) is 29.2 Å². The predicted octanol–water partition coefficient (Wildman–Crippen LogP) is 5.34. The van der Waals surface area contributed by atoms with E-state index in [1.54, 1.807) is 12.1 Å². The molecule has 2 saturated carbocycles. The Balaban J connectivity index is 1.13. The van der Waals surface area contributed by atoms with Crippen molar-refractivity contribution in [3.05, 3.63) is 53.6 Å². The number of rotatable bonds is 7. The molecule has 1 heterocycles. The highest BCUT2D eigenvalue weighted by atomic mass is 32.1. The zero-order valence-electron chi connectivity index (χ0n) is 21.1. The number of anilines is 1. The Bertz CT molecular complexity index is 1150. The number of hydrogen-bond donors (Lipinski definition) is 4. The van der Waals surface area contributed by atoms with Gasteiger partial charge in [0.2, 0.25) is 0 Å². The van der Waals surface area contributed by atoms with Crippen molar-refractivity contribution in [1.29, 1.82) is 0 Å². The van der Waals surface area contributed by atoms with Crippen LogP contribution in [0.2, 0.25) is 0 Å². The van der Waals surface area contributed by atoms with Crippen LogP contribution in [-0.4, -0.2) is 49.9 Å². The summed E-state index contributed by atoms with van der Waals surface area (Å²) < 4.78 is 42.5. The summed E-state index contributed by atoms with van der Waals surface area (Å²) in [6.07, 6.45) is 1.24. The number of ether oxygens (including phenoxy) is 1. The summed E-state index contributed by atoms with van der Waals surface area (Å²) in [5.74, 6) is 0.727. The van der Waals surface area contributed by atoms with Gasteiger partial charge in [-0.15, -0.1) is 25.8 Å². The van der Waals surface area contributed by atoms with Gasteiger partial charge in [0.1, 0.15) is 11.9 Å². The Hall–Kier alpha value is -2.43. The third-order valence-corrected chi connectivity index (χ3v) is 8.28. The van der Waals surface area contributed by atoms with Crippen LogP contribution in [0.4, 0.5) is 18.9 Å². The van der Waals surface area contributed by atoms with Gasteiger partial charge in [-0.1, -0.05) is 24.3 Å². The normalized spacial score (nSPS) is 28.2. The summed E-state index contributed by atoms with van der Waals surface area (Å²) >= 11 is 4.14. The van der Waals surface area contributed by atoms with Gasteiger partial charge >= 0.3 is 6.36 Å². The third kappa shape index (κ3) is 5.86. The first-order chi connectivity index (χ1) is 17.7. The van der Waals surface area contributed by atoms with Crippen molar-refractivity contribution < 1.29 is 17.9 Å². The second-order valence-corrected chi connectivity index (χ2v) is 10.9. The minimum atomic E-state index is -4.72. The molecular weight excluding hydrogens is 499 g/mol. The van der Waals surface area contributed by atoms with Crippen LogP contribution in [0, 0.1) is 5.41 Å². The molecule has 200 valence electrons. The smallest absolute Gasteiger partial charge is 0.405 e. The summed E-state index contributed by atoms with van der Waals surface area (Å²) in [5.41, 5.74) is 3.12. The molecule has 5 rings (SSSR count). The molecule has 1 aliphatic heterocycles. The van der Waals surface area contributed by atoms with Crippen LogP contribution in [-0.2, 0) is 6.42 Å². The summed E-state index contributed by atoms with van der Waals surface area (Å²) in [6.45, 7) is 0.609. The van der Waals surface area contributed by atoms with Gasteiger partial charge in [0.15, 0.2) is 5.96 Å². The largest absolute Gasteiger partial charge is 0.573 e. The Labute approximate surface area is 221 Å². The van der Waals surface area contributed by atoms with E-state index in [1.807, 2.05) is 13.1 Å². The minimum Gasteiger partial charge on any atom is -0.405 e. The fourth-order valence-electron chi connectivity index (χ4n) is 5.88. The summed E-state index contributed by atoms with van der Waals surface area (Å²) in [7, 11) is 4.02. The molecule has 2 aromatic carbocycles. The van der Waals surface area contributed by atoms with Crippen molar-refractivity contribution >= 4 is 24.3 Å². The van der Waals surface area contributed by atoms with Crippen molar-refractivity contribution in [2.24, 2.45) is 10.4 Å². The van der Waals surface area contributed by atoms with Gasteiger partial charge in [-0.05, 0) is 81.3 Å². The summed E-state index contributed by atoms with van der Waals surface area (Å²) in [5, 5.41) is 10.5. The van der Waals surface area contributed by atoms with Gasteiger partial charge in [-0.2, -0.15) is 0 Å². The van der Waals surface area contributed by atoms with E-state index in [-0.39, 0.29) is 18.0 Å². The van der Waals surface area contributed by atoms with Gasteiger partial charge in [-0.25, -0.2) is 4.99 Å². The number of aliphatic imine (C=N–C) groups is 1. The number of hydrogen-bond acceptors (Lipinski definition) is 5. The van der Waals surface area contributed by atoms with Gasteiger partial charge in [0.25, 0.3) is 0 Å². The number of para-hydroxylation sites is 1. The van der Waals surface area contributed by atoms with E-state index in [0.29, 0.717) is 34.9 Å². The molecule has 37 heavy (non-hydrogen) atoms. The van der Waals surface area contributed by atoms with Crippen LogP contribution in [0.25, 0.3) is 0 Å². The molecule has 6 nitrogen and oxygen atoms in total. The average molecular weight is 534 g/mol. The van der Waals surface area contributed by atoms with Crippen molar-refractivity contribution in [2.75, 3.05) is 26.0 Å². The molecule has 0 saturated heterocycles. The van der Waals surface area contributed by atoms with E-state index in [1.165, 1.54) is 11.6 Å². The van der Waals surface area contributed by atoms with E-state index in [0.717, 1.165) is 43.8 Å². The van der Waals surface area contributed by atoms with E-state index in [2.05, 4.69) is 63.5 Å². The molecule has 2 aromatic rings. The van der Waals surface area contributed by atoms with Crippen LogP contribution in [0.5, 0.6) is 5.75 Å². The summed E-state index contributed by atoms with van der Waals surface area (Å²) in [6, 6.07) is 13.7. The first kappa shape index (κ1) is 26.2. The lowest BCUT2D eigenvalue weighted by Crippen LogP contribution is -2.46. The van der Waals surface area contributed by atoms with Gasteiger partial charge in [0.05, 0.1) is 6.04 Å². The number of fused-ring (bicyclic) bond motifs is 1. The fraction of sp³-hybridized carbons (Fsp3) is 0.519. The standard InChI is InChI=1S/C27H34F3N5OS/c1-31-24-20-5-3-4-6-21(20)34-25(35(24)2)33-18-9-12-26(13-10-18)16-23(26)32-14-11-17-7-8-19(37)15-22(17)36-27(28,29)30/h3-8,15,18,23-24,31-32,37H,9-14,16H2,1-2H3,(H,33,34)/t18?,23-,24?,26?/m1/s1. The molecule has 0 radical (unpaired) electrons. The van der Waals surface area contributed by atoms with Crippen LogP contribution in [0.3, 0.4) is 0 Å². The first-order valence-electron chi connectivity index (χ1n) is 12.8. The molecule has 0 bridgehead atoms. The SMILES string of the molecule is CNC1c2ccccc2NC(=NC2CCC3(CC2)C[C@H]3NCCc2ccc(S)cc2OC(F)(F)F)N1C. The predicted molar refractivity (Wildman–Crippen MR) is 142 cm³/mol.